The Morgan fingerprint density at radius 1 is 0.643 bits per heavy atom. The van der Waals surface area contributed by atoms with Crippen LogP contribution in [0.5, 0.6) is 5.75 Å². The quantitative estimate of drug-likeness (QED) is 0.242. The van der Waals surface area contributed by atoms with Gasteiger partial charge >= 0.3 is 0 Å². The molecular formula is C26H46O2. The zero-order valence-electron chi connectivity index (χ0n) is 18.8. The van der Waals surface area contributed by atoms with E-state index in [4.69, 9.17) is 4.74 Å². The van der Waals surface area contributed by atoms with Gasteiger partial charge in [-0.3, -0.25) is 0 Å². The average molecular weight is 391 g/mol. The van der Waals surface area contributed by atoms with Crippen molar-refractivity contribution in [2.45, 2.75) is 123 Å². The third kappa shape index (κ3) is 14.0. The number of rotatable bonds is 19. The molecule has 0 saturated heterocycles. The van der Waals surface area contributed by atoms with Gasteiger partial charge in [0.05, 0.1) is 13.2 Å². The molecule has 1 N–H and O–H groups in total. The van der Waals surface area contributed by atoms with Crippen molar-refractivity contribution in [1.29, 1.82) is 0 Å². The first kappa shape index (κ1) is 25.0. The number of hydrogen-bond donors (Lipinski definition) is 1. The van der Waals surface area contributed by atoms with E-state index in [0.717, 1.165) is 29.9 Å². The zero-order valence-corrected chi connectivity index (χ0v) is 18.8. The van der Waals surface area contributed by atoms with Gasteiger partial charge in [0.15, 0.2) is 0 Å². The lowest BCUT2D eigenvalue weighted by Gasteiger charge is -2.09. The highest BCUT2D eigenvalue weighted by Gasteiger charge is 1.99. The van der Waals surface area contributed by atoms with Gasteiger partial charge in [-0.05, 0) is 36.6 Å². The predicted molar refractivity (Wildman–Crippen MR) is 122 cm³/mol. The van der Waals surface area contributed by atoms with Crippen LogP contribution in [0.3, 0.4) is 0 Å². The van der Waals surface area contributed by atoms with E-state index in [1.807, 2.05) is 25.1 Å². The van der Waals surface area contributed by atoms with Crippen molar-refractivity contribution >= 4 is 0 Å². The maximum absolute atomic E-state index is 9.25. The lowest BCUT2D eigenvalue weighted by Crippen LogP contribution is -1.98. The summed E-state index contributed by atoms with van der Waals surface area (Å²) in [5.74, 6) is 0.894. The normalized spacial score (nSPS) is 11.1. The summed E-state index contributed by atoms with van der Waals surface area (Å²) in [6.07, 6.45) is 22.3. The van der Waals surface area contributed by atoms with E-state index in [9.17, 15) is 5.11 Å². The molecule has 0 aliphatic carbocycles. The number of hydrogen-bond acceptors (Lipinski definition) is 2. The van der Waals surface area contributed by atoms with Crippen LogP contribution in [-0.2, 0) is 6.61 Å². The Bertz CT molecular complexity index is 470. The van der Waals surface area contributed by atoms with Crippen molar-refractivity contribution in [1.82, 2.24) is 0 Å². The summed E-state index contributed by atoms with van der Waals surface area (Å²) in [5.41, 5.74) is 2.08. The molecule has 28 heavy (non-hydrogen) atoms. The maximum Gasteiger partial charge on any atom is 0.119 e. The summed E-state index contributed by atoms with van der Waals surface area (Å²) in [5, 5.41) is 9.25. The number of aliphatic hydroxyl groups is 1. The fraction of sp³-hybridized carbons (Fsp3) is 0.769. The SMILES string of the molecule is CCCCCCCCCCCCCCCCCCOc1cc(C)cc(CO)c1. The number of ether oxygens (including phenoxy) is 1. The summed E-state index contributed by atoms with van der Waals surface area (Å²) in [7, 11) is 0. The first-order chi connectivity index (χ1) is 13.8. The third-order valence-electron chi connectivity index (χ3n) is 5.56. The number of benzene rings is 1. The molecule has 0 aromatic heterocycles. The molecular weight excluding hydrogens is 344 g/mol. The van der Waals surface area contributed by atoms with Crippen molar-refractivity contribution in [3.8, 4) is 5.75 Å². The molecule has 1 aromatic carbocycles. The molecule has 0 heterocycles. The monoisotopic (exact) mass is 390 g/mol. The fourth-order valence-corrected chi connectivity index (χ4v) is 3.84. The highest BCUT2D eigenvalue weighted by Crippen LogP contribution is 2.18. The molecule has 0 saturated carbocycles. The van der Waals surface area contributed by atoms with Gasteiger partial charge in [0.2, 0.25) is 0 Å². The second-order valence-corrected chi connectivity index (χ2v) is 8.46. The first-order valence-corrected chi connectivity index (χ1v) is 12.1. The Hall–Kier alpha value is -1.02. The van der Waals surface area contributed by atoms with Crippen LogP contribution in [0.15, 0.2) is 18.2 Å². The van der Waals surface area contributed by atoms with Crippen LogP contribution in [0.25, 0.3) is 0 Å². The van der Waals surface area contributed by atoms with Crippen molar-refractivity contribution < 1.29 is 9.84 Å². The van der Waals surface area contributed by atoms with Gasteiger partial charge in [-0.25, -0.2) is 0 Å². The summed E-state index contributed by atoms with van der Waals surface area (Å²) in [6.45, 7) is 5.19. The summed E-state index contributed by atoms with van der Waals surface area (Å²) < 4.78 is 5.84. The summed E-state index contributed by atoms with van der Waals surface area (Å²) >= 11 is 0. The molecule has 0 unspecified atom stereocenters. The van der Waals surface area contributed by atoms with E-state index < -0.39 is 0 Å². The Morgan fingerprint density at radius 3 is 1.57 bits per heavy atom. The minimum absolute atomic E-state index is 0.0804. The van der Waals surface area contributed by atoms with Crippen LogP contribution >= 0.6 is 0 Å². The second kappa shape index (κ2) is 18.0. The lowest BCUT2D eigenvalue weighted by molar-refractivity contribution is 0.278. The molecule has 2 heteroatoms. The van der Waals surface area contributed by atoms with Crippen molar-refractivity contribution in [3.05, 3.63) is 29.3 Å². The molecule has 0 amide bonds. The van der Waals surface area contributed by atoms with Gasteiger partial charge in [0, 0.05) is 0 Å². The van der Waals surface area contributed by atoms with Gasteiger partial charge in [0.25, 0.3) is 0 Å². The van der Waals surface area contributed by atoms with E-state index in [1.54, 1.807) is 0 Å². The molecule has 1 aromatic rings. The standard InChI is InChI=1S/C26H46O2/c1-3-4-5-6-7-8-9-10-11-12-13-14-15-16-17-18-19-28-26-21-24(2)20-25(22-26)23-27/h20-22,27H,3-19,23H2,1-2H3. The molecule has 0 aliphatic heterocycles. The van der Waals surface area contributed by atoms with E-state index in [-0.39, 0.29) is 6.61 Å². The fourth-order valence-electron chi connectivity index (χ4n) is 3.84. The number of unbranched alkanes of at least 4 members (excludes halogenated alkanes) is 15. The Balaban J connectivity index is 1.82. The van der Waals surface area contributed by atoms with Gasteiger partial charge < -0.3 is 9.84 Å². The Morgan fingerprint density at radius 2 is 1.11 bits per heavy atom. The van der Waals surface area contributed by atoms with Crippen LogP contribution in [0.2, 0.25) is 0 Å². The van der Waals surface area contributed by atoms with Crippen LogP contribution in [0, 0.1) is 6.92 Å². The number of aryl methyl sites for hydroxylation is 1. The highest BCUT2D eigenvalue weighted by molar-refractivity contribution is 5.33. The maximum atomic E-state index is 9.25. The molecule has 0 atom stereocenters. The van der Waals surface area contributed by atoms with Gasteiger partial charge in [-0.1, -0.05) is 109 Å². The molecule has 0 bridgehead atoms. The summed E-state index contributed by atoms with van der Waals surface area (Å²) in [6, 6.07) is 5.99. The minimum Gasteiger partial charge on any atom is -0.494 e. The average Bonchev–Trinajstić information content (AvgIpc) is 2.70. The van der Waals surface area contributed by atoms with Gasteiger partial charge in [0.1, 0.15) is 5.75 Å². The third-order valence-corrected chi connectivity index (χ3v) is 5.56. The molecule has 0 fully saturated rings. The van der Waals surface area contributed by atoms with E-state index in [0.29, 0.717) is 0 Å². The second-order valence-electron chi connectivity index (χ2n) is 8.46. The zero-order chi connectivity index (χ0) is 20.3. The molecule has 0 radical (unpaired) electrons. The smallest absolute Gasteiger partial charge is 0.119 e. The van der Waals surface area contributed by atoms with Crippen molar-refractivity contribution in [3.63, 3.8) is 0 Å². The molecule has 1 rings (SSSR count). The van der Waals surface area contributed by atoms with Crippen molar-refractivity contribution in [2.75, 3.05) is 6.61 Å². The molecule has 0 spiro atoms. The molecule has 2 nitrogen and oxygen atoms in total. The molecule has 162 valence electrons. The largest absolute Gasteiger partial charge is 0.494 e. The van der Waals surface area contributed by atoms with Gasteiger partial charge in [-0.2, -0.15) is 0 Å². The van der Waals surface area contributed by atoms with Crippen LogP contribution in [-0.4, -0.2) is 11.7 Å². The van der Waals surface area contributed by atoms with Crippen LogP contribution < -0.4 is 4.74 Å². The van der Waals surface area contributed by atoms with Crippen molar-refractivity contribution in [2.24, 2.45) is 0 Å². The van der Waals surface area contributed by atoms with E-state index in [2.05, 4.69) is 6.92 Å². The lowest BCUT2D eigenvalue weighted by atomic mass is 10.0. The molecule has 0 aliphatic rings. The Kier molecular flexibility index (Phi) is 16.1. The number of aliphatic hydroxyl groups excluding tert-OH is 1. The van der Waals surface area contributed by atoms with Gasteiger partial charge in [-0.15, -0.1) is 0 Å². The van der Waals surface area contributed by atoms with E-state index >= 15 is 0 Å². The van der Waals surface area contributed by atoms with Crippen LogP contribution in [0.1, 0.15) is 121 Å². The highest BCUT2D eigenvalue weighted by atomic mass is 16.5. The minimum atomic E-state index is 0.0804. The first-order valence-electron chi connectivity index (χ1n) is 12.1. The van der Waals surface area contributed by atoms with E-state index in [1.165, 1.54) is 96.3 Å². The topological polar surface area (TPSA) is 29.5 Å². The predicted octanol–water partition coefficient (Wildman–Crippen LogP) is 8.13. The summed E-state index contributed by atoms with van der Waals surface area (Å²) in [4.78, 5) is 0. The van der Waals surface area contributed by atoms with Crippen LogP contribution in [0.4, 0.5) is 0 Å². The Labute approximate surface area is 175 Å².